The van der Waals surface area contributed by atoms with E-state index in [9.17, 15) is 15.3 Å². The second-order valence-electron chi connectivity index (χ2n) is 7.17. The summed E-state index contributed by atoms with van der Waals surface area (Å²) in [5.74, 6) is -0.817. The lowest BCUT2D eigenvalue weighted by Gasteiger charge is -2.47. The Morgan fingerprint density at radius 3 is 2.40 bits per heavy atom. The first-order chi connectivity index (χ1) is 14.4. The van der Waals surface area contributed by atoms with Crippen molar-refractivity contribution in [3.63, 3.8) is 0 Å². The van der Waals surface area contributed by atoms with Gasteiger partial charge in [0.25, 0.3) is 0 Å². The molecule has 5 atom stereocenters. The maximum Gasteiger partial charge on any atom is 0.224 e. The zero-order chi connectivity index (χ0) is 21.9. The number of alkyl halides is 1. The minimum atomic E-state index is -1.62. The summed E-state index contributed by atoms with van der Waals surface area (Å²) in [5, 5.41) is 31.9. The van der Waals surface area contributed by atoms with Gasteiger partial charge >= 0.3 is 0 Å². The number of benzene rings is 2. The molecule has 0 bridgehead atoms. The Balaban J connectivity index is 1.94. The number of ether oxygens (including phenoxy) is 3. The fraction of sp³-hybridized carbons (Fsp3) is 0.455. The Kier molecular flexibility index (Phi) is 8.00. The largest absolute Gasteiger partial charge is 0.494 e. The first-order valence-corrected chi connectivity index (χ1v) is 11.6. The van der Waals surface area contributed by atoms with Crippen molar-refractivity contribution in [3.05, 3.63) is 64.2 Å². The van der Waals surface area contributed by atoms with Crippen LogP contribution in [0, 0.1) is 0 Å². The van der Waals surface area contributed by atoms with Gasteiger partial charge in [-0.05, 0) is 48.7 Å². The molecule has 0 aromatic heterocycles. The average Bonchev–Trinajstić information content (AvgIpc) is 2.76. The van der Waals surface area contributed by atoms with Crippen LogP contribution in [0.15, 0.2) is 42.5 Å². The maximum absolute atomic E-state index is 10.7. The molecule has 1 fully saturated rings. The topological polar surface area (TPSA) is 88.4 Å². The van der Waals surface area contributed by atoms with E-state index in [0.29, 0.717) is 28.0 Å². The molecule has 8 heteroatoms. The van der Waals surface area contributed by atoms with Gasteiger partial charge in [-0.25, -0.2) is 0 Å². The highest BCUT2D eigenvalue weighted by Gasteiger charge is 2.55. The maximum atomic E-state index is 10.7. The molecular formula is C22H26ClIO6. The van der Waals surface area contributed by atoms with E-state index in [1.165, 1.54) is 7.11 Å². The molecule has 0 aliphatic carbocycles. The van der Waals surface area contributed by atoms with Crippen molar-refractivity contribution in [2.24, 2.45) is 0 Å². The van der Waals surface area contributed by atoms with Crippen LogP contribution in [0.4, 0.5) is 0 Å². The van der Waals surface area contributed by atoms with Crippen LogP contribution >= 0.6 is 34.2 Å². The molecule has 2 aromatic carbocycles. The zero-order valence-electron chi connectivity index (χ0n) is 16.8. The van der Waals surface area contributed by atoms with E-state index in [1.54, 1.807) is 18.2 Å². The van der Waals surface area contributed by atoms with Gasteiger partial charge in [0.15, 0.2) is 0 Å². The third-order valence-corrected chi connectivity index (χ3v) is 6.54. The summed E-state index contributed by atoms with van der Waals surface area (Å²) in [7, 11) is 1.40. The molecule has 0 spiro atoms. The van der Waals surface area contributed by atoms with Crippen LogP contribution in [-0.4, -0.2) is 57.9 Å². The highest BCUT2D eigenvalue weighted by atomic mass is 127. The van der Waals surface area contributed by atoms with E-state index < -0.39 is 30.2 Å². The quantitative estimate of drug-likeness (QED) is 0.364. The van der Waals surface area contributed by atoms with Gasteiger partial charge in [0.05, 0.1) is 12.7 Å². The number of aliphatic hydroxyl groups is 3. The number of rotatable bonds is 7. The highest BCUT2D eigenvalue weighted by molar-refractivity contribution is 14.1. The van der Waals surface area contributed by atoms with Crippen LogP contribution in [-0.2, 0) is 21.7 Å². The number of hydrogen-bond donors (Lipinski definition) is 3. The molecule has 1 saturated heterocycles. The van der Waals surface area contributed by atoms with Gasteiger partial charge in [-0.2, -0.15) is 0 Å². The molecule has 0 radical (unpaired) electrons. The van der Waals surface area contributed by atoms with Gasteiger partial charge in [0.2, 0.25) is 5.79 Å². The molecule has 0 amide bonds. The van der Waals surface area contributed by atoms with Gasteiger partial charge in [0, 0.05) is 22.1 Å². The SMILES string of the molecule is CCOc1ccc(Cc2cc([C@]3(OC)O[C@H](CI)[C@@H](O)[C@H](O)[C@H]3O)ccc2Cl)cc1. The van der Waals surface area contributed by atoms with Crippen molar-refractivity contribution in [1.82, 2.24) is 0 Å². The third kappa shape index (κ3) is 4.62. The molecule has 3 N–H and O–H groups in total. The second kappa shape index (κ2) is 10.1. The monoisotopic (exact) mass is 548 g/mol. The van der Waals surface area contributed by atoms with E-state index in [2.05, 4.69) is 22.6 Å². The summed E-state index contributed by atoms with van der Waals surface area (Å²) in [5.41, 5.74) is 2.37. The molecule has 6 nitrogen and oxygen atoms in total. The predicted molar refractivity (Wildman–Crippen MR) is 122 cm³/mol. The third-order valence-electron chi connectivity index (χ3n) is 5.30. The molecule has 0 saturated carbocycles. The van der Waals surface area contributed by atoms with Crippen LogP contribution in [0.3, 0.4) is 0 Å². The van der Waals surface area contributed by atoms with Crippen molar-refractivity contribution in [2.75, 3.05) is 18.1 Å². The summed E-state index contributed by atoms with van der Waals surface area (Å²) in [6, 6.07) is 13.0. The fourth-order valence-corrected chi connectivity index (χ4v) is 4.55. The Morgan fingerprint density at radius 1 is 1.10 bits per heavy atom. The first kappa shape index (κ1) is 23.7. The first-order valence-electron chi connectivity index (χ1n) is 9.70. The standard InChI is InChI=1S/C22H26ClIO6/c1-3-29-16-7-4-13(5-8-16)10-14-11-15(6-9-17(14)23)22(28-2)21(27)20(26)19(25)18(12-24)30-22/h4-9,11,18-21,25-27H,3,10,12H2,1-2H3/t18-,19-,20+,21-,22+/m1/s1. The van der Waals surface area contributed by atoms with E-state index in [4.69, 9.17) is 25.8 Å². The molecule has 164 valence electrons. The fourth-order valence-electron chi connectivity index (χ4n) is 3.66. The smallest absolute Gasteiger partial charge is 0.224 e. The lowest BCUT2D eigenvalue weighted by Crippen LogP contribution is -2.63. The number of hydrogen-bond acceptors (Lipinski definition) is 6. The van der Waals surface area contributed by atoms with Crippen LogP contribution in [0.5, 0.6) is 5.75 Å². The molecular weight excluding hydrogens is 523 g/mol. The lowest BCUT2D eigenvalue weighted by atomic mass is 9.87. The van der Waals surface area contributed by atoms with E-state index in [-0.39, 0.29) is 0 Å². The Morgan fingerprint density at radius 2 is 1.80 bits per heavy atom. The lowest BCUT2D eigenvalue weighted by molar-refractivity contribution is -0.359. The Hall–Kier alpha value is -0.940. The van der Waals surface area contributed by atoms with Gasteiger partial charge in [-0.1, -0.05) is 52.4 Å². The number of methoxy groups -OCH3 is 1. The van der Waals surface area contributed by atoms with Crippen LogP contribution in [0.2, 0.25) is 5.02 Å². The molecule has 3 rings (SSSR count). The molecule has 0 unspecified atom stereocenters. The molecule has 30 heavy (non-hydrogen) atoms. The predicted octanol–water partition coefficient (Wildman–Crippen LogP) is 3.05. The van der Waals surface area contributed by atoms with Crippen molar-refractivity contribution in [1.29, 1.82) is 0 Å². The Labute approximate surface area is 194 Å². The molecule has 1 aliphatic heterocycles. The summed E-state index contributed by atoms with van der Waals surface area (Å²) < 4.78 is 17.5. The van der Waals surface area contributed by atoms with Crippen LogP contribution < -0.4 is 4.74 Å². The van der Waals surface area contributed by atoms with E-state index in [1.807, 2.05) is 31.2 Å². The van der Waals surface area contributed by atoms with Crippen molar-refractivity contribution in [2.45, 2.75) is 43.5 Å². The summed E-state index contributed by atoms with van der Waals surface area (Å²) >= 11 is 8.50. The number of halogens is 2. The second-order valence-corrected chi connectivity index (χ2v) is 8.46. The Bertz CT molecular complexity index is 846. The minimum absolute atomic E-state index is 0.417. The van der Waals surface area contributed by atoms with E-state index >= 15 is 0 Å². The van der Waals surface area contributed by atoms with Crippen molar-refractivity contribution >= 4 is 34.2 Å². The van der Waals surface area contributed by atoms with E-state index in [0.717, 1.165) is 16.9 Å². The van der Waals surface area contributed by atoms with Gasteiger partial charge < -0.3 is 29.5 Å². The minimum Gasteiger partial charge on any atom is -0.494 e. The van der Waals surface area contributed by atoms with Gasteiger partial charge in [-0.15, -0.1) is 0 Å². The summed E-state index contributed by atoms with van der Waals surface area (Å²) in [6.45, 7) is 2.54. The zero-order valence-corrected chi connectivity index (χ0v) is 19.7. The summed E-state index contributed by atoms with van der Waals surface area (Å²) in [4.78, 5) is 0. The van der Waals surface area contributed by atoms with Gasteiger partial charge in [-0.3, -0.25) is 0 Å². The van der Waals surface area contributed by atoms with Crippen molar-refractivity contribution in [3.8, 4) is 5.75 Å². The number of aliphatic hydroxyl groups excluding tert-OH is 3. The molecule has 1 heterocycles. The average molecular weight is 549 g/mol. The molecule has 1 aliphatic rings. The van der Waals surface area contributed by atoms with Crippen LogP contribution in [0.1, 0.15) is 23.6 Å². The van der Waals surface area contributed by atoms with Gasteiger partial charge in [0.1, 0.15) is 24.1 Å². The summed E-state index contributed by atoms with van der Waals surface area (Å²) in [6.07, 6.45) is -4.25. The normalized spacial score (nSPS) is 29.0. The van der Waals surface area contributed by atoms with Crippen LogP contribution in [0.25, 0.3) is 0 Å². The molecule has 2 aromatic rings. The van der Waals surface area contributed by atoms with Crippen molar-refractivity contribution < 1.29 is 29.5 Å². The highest BCUT2D eigenvalue weighted by Crippen LogP contribution is 2.41.